The Hall–Kier alpha value is -1.91. The lowest BCUT2D eigenvalue weighted by Crippen LogP contribution is -2.39. The van der Waals surface area contributed by atoms with E-state index >= 15 is 0 Å². The summed E-state index contributed by atoms with van der Waals surface area (Å²) in [6.07, 6.45) is 2.85. The van der Waals surface area contributed by atoms with E-state index in [2.05, 4.69) is 22.9 Å². The van der Waals surface area contributed by atoms with Crippen LogP contribution in [-0.2, 0) is 9.53 Å². The largest absolute Gasteiger partial charge is 0.453 e. The molecule has 0 aromatic carbocycles. The Morgan fingerprint density at radius 3 is 2.24 bits per heavy atom. The first kappa shape index (κ1) is 21.4. The average molecular weight is 310 g/mol. The van der Waals surface area contributed by atoms with Crippen LogP contribution in [0.25, 0.3) is 0 Å². The highest BCUT2D eigenvalue weighted by molar-refractivity contribution is 5.82. The van der Waals surface area contributed by atoms with Gasteiger partial charge in [0.2, 0.25) is 5.91 Å². The van der Waals surface area contributed by atoms with Crippen molar-refractivity contribution in [2.45, 2.75) is 26.4 Å². The van der Waals surface area contributed by atoms with Crippen molar-refractivity contribution in [1.82, 2.24) is 10.2 Å². The Morgan fingerprint density at radius 2 is 1.86 bits per heavy atom. The molecule has 5 nitrogen and oxygen atoms in total. The highest BCUT2D eigenvalue weighted by Gasteiger charge is 2.44. The number of ether oxygens (including phenoxy) is 1. The molecular weight excluding hydrogens is 289 g/mol. The van der Waals surface area contributed by atoms with Crippen LogP contribution in [0.1, 0.15) is 20.3 Å². The van der Waals surface area contributed by atoms with Crippen LogP contribution in [0.5, 0.6) is 0 Å². The quantitative estimate of drug-likeness (QED) is 0.794. The second kappa shape index (κ2) is 10.8. The molecule has 0 bridgehead atoms. The number of likely N-dealkylation sites (tertiary alicyclic amines) is 1. The van der Waals surface area contributed by atoms with Gasteiger partial charge in [-0.3, -0.25) is 4.79 Å². The summed E-state index contributed by atoms with van der Waals surface area (Å²) in [6, 6.07) is 0. The maximum absolute atomic E-state index is 12.3. The van der Waals surface area contributed by atoms with Gasteiger partial charge in [-0.1, -0.05) is 13.8 Å². The summed E-state index contributed by atoms with van der Waals surface area (Å²) in [4.78, 5) is 23.2. The molecule has 122 valence electrons. The number of terminal acetylenes is 1. The van der Waals surface area contributed by atoms with Crippen molar-refractivity contribution in [1.29, 1.82) is 0 Å². The predicted octanol–water partition coefficient (Wildman–Crippen LogP) is 2.03. The number of halogens is 3. The molecule has 8 heteroatoms. The second-order valence-corrected chi connectivity index (χ2v) is 3.71. The molecule has 0 aromatic rings. The fourth-order valence-electron chi connectivity index (χ4n) is 1.59. The van der Waals surface area contributed by atoms with Crippen LogP contribution in [0.15, 0.2) is 0 Å². The molecule has 0 unspecified atom stereocenters. The number of rotatable bonds is 2. The first-order valence-electron chi connectivity index (χ1n) is 6.34. The van der Waals surface area contributed by atoms with E-state index in [1.54, 1.807) is 0 Å². The number of nitrogens with zero attached hydrogens (tertiary/aromatic N) is 1. The fourth-order valence-corrected chi connectivity index (χ4v) is 1.59. The first-order chi connectivity index (χ1) is 9.84. The summed E-state index contributed by atoms with van der Waals surface area (Å²) in [5.41, 5.74) is 0. The molecule has 1 aliphatic heterocycles. The third kappa shape index (κ3) is 8.07. The number of carbonyl (C=O) groups excluding carboxylic acids is 2. The third-order valence-electron chi connectivity index (χ3n) is 2.57. The highest BCUT2D eigenvalue weighted by Crippen LogP contribution is 2.33. The molecule has 21 heavy (non-hydrogen) atoms. The summed E-state index contributed by atoms with van der Waals surface area (Å²) < 4.78 is 41.3. The summed E-state index contributed by atoms with van der Waals surface area (Å²) >= 11 is 0. The van der Waals surface area contributed by atoms with Gasteiger partial charge in [-0.05, 0) is 6.42 Å². The van der Waals surface area contributed by atoms with E-state index in [1.165, 1.54) is 0 Å². The van der Waals surface area contributed by atoms with Crippen LogP contribution in [-0.4, -0.2) is 49.8 Å². The molecule has 0 spiro atoms. The highest BCUT2D eigenvalue weighted by atomic mass is 19.4. The summed E-state index contributed by atoms with van der Waals surface area (Å²) in [7, 11) is 1.13. The number of carbonyl (C=O) groups is 2. The Morgan fingerprint density at radius 1 is 1.33 bits per heavy atom. The van der Waals surface area contributed by atoms with Crippen molar-refractivity contribution >= 4 is 12.0 Å². The van der Waals surface area contributed by atoms with Crippen LogP contribution in [0.2, 0.25) is 0 Å². The van der Waals surface area contributed by atoms with Crippen molar-refractivity contribution in [3.05, 3.63) is 0 Å². The molecule has 1 fully saturated rings. The predicted molar refractivity (Wildman–Crippen MR) is 72.4 cm³/mol. The monoisotopic (exact) mass is 310 g/mol. The lowest BCUT2D eigenvalue weighted by Gasteiger charge is -2.17. The van der Waals surface area contributed by atoms with Gasteiger partial charge in [-0.15, -0.1) is 12.8 Å². The van der Waals surface area contributed by atoms with Crippen LogP contribution >= 0.6 is 0 Å². The van der Waals surface area contributed by atoms with Gasteiger partial charge in [0.25, 0.3) is 0 Å². The minimum atomic E-state index is -4.27. The summed E-state index contributed by atoms with van der Waals surface area (Å²) in [5, 5.41) is 2.13. The first-order valence-corrected chi connectivity index (χ1v) is 6.34. The van der Waals surface area contributed by atoms with Gasteiger partial charge in [0.1, 0.15) is 6.54 Å². The van der Waals surface area contributed by atoms with Gasteiger partial charge in [0.05, 0.1) is 13.0 Å². The number of amides is 2. The second-order valence-electron chi connectivity index (χ2n) is 3.71. The number of methoxy groups -OCH3 is 1. The topological polar surface area (TPSA) is 58.6 Å². The van der Waals surface area contributed by atoms with Crippen molar-refractivity contribution in [2.24, 2.45) is 5.92 Å². The minimum absolute atomic E-state index is 0.0614. The molecule has 1 heterocycles. The average Bonchev–Trinajstić information content (AvgIpc) is 2.98. The van der Waals surface area contributed by atoms with Gasteiger partial charge in [-0.25, -0.2) is 4.79 Å². The minimum Gasteiger partial charge on any atom is -0.453 e. The van der Waals surface area contributed by atoms with E-state index in [0.29, 0.717) is 0 Å². The van der Waals surface area contributed by atoms with Crippen LogP contribution in [0, 0.1) is 18.8 Å². The summed E-state index contributed by atoms with van der Waals surface area (Å²) in [6.45, 7) is 3.37. The van der Waals surface area contributed by atoms with Gasteiger partial charge in [0, 0.05) is 13.1 Å². The third-order valence-corrected chi connectivity index (χ3v) is 2.57. The lowest BCUT2D eigenvalue weighted by molar-refractivity contribution is -0.171. The zero-order chi connectivity index (χ0) is 17.1. The van der Waals surface area contributed by atoms with E-state index < -0.39 is 24.1 Å². The van der Waals surface area contributed by atoms with Crippen LogP contribution in [0.3, 0.4) is 0 Å². The smallest absolute Gasteiger partial charge is 0.407 e. The molecule has 1 N–H and O–H groups in total. The Labute approximate surface area is 122 Å². The molecule has 0 saturated carbocycles. The summed E-state index contributed by atoms with van der Waals surface area (Å²) in [5.74, 6) is -2.01. The maximum Gasteiger partial charge on any atom is 0.407 e. The van der Waals surface area contributed by atoms with Gasteiger partial charge >= 0.3 is 12.3 Å². The van der Waals surface area contributed by atoms with Crippen LogP contribution in [0.4, 0.5) is 18.0 Å². The van der Waals surface area contributed by atoms with Gasteiger partial charge < -0.3 is 15.0 Å². The van der Waals surface area contributed by atoms with E-state index in [9.17, 15) is 22.8 Å². The molecule has 0 aliphatic carbocycles. The van der Waals surface area contributed by atoms with Crippen LogP contribution < -0.4 is 5.32 Å². The number of alkyl halides is 3. The molecule has 0 radical (unpaired) electrons. The maximum atomic E-state index is 12.3. The van der Waals surface area contributed by atoms with E-state index in [1.807, 2.05) is 13.8 Å². The molecular formula is C13H21F3N2O3. The zero-order valence-electron chi connectivity index (χ0n) is 12.4. The number of hydrogen-bond donors (Lipinski definition) is 1. The Balaban J connectivity index is 0. The van der Waals surface area contributed by atoms with Gasteiger partial charge in [0.15, 0.2) is 0 Å². The van der Waals surface area contributed by atoms with Gasteiger partial charge in [-0.2, -0.15) is 13.2 Å². The number of hydrogen-bond acceptors (Lipinski definition) is 3. The Kier molecular flexibility index (Phi) is 11.0. The van der Waals surface area contributed by atoms with Crippen molar-refractivity contribution in [3.8, 4) is 12.8 Å². The number of alkyl carbamates (subject to hydrolysis) is 1. The fraction of sp³-hybridized carbons (Fsp3) is 0.692. The normalized spacial score (nSPS) is 16.8. The molecule has 1 rings (SSSR count). The molecule has 1 atom stereocenters. The molecule has 2 amide bonds. The molecule has 1 aliphatic rings. The van der Waals surface area contributed by atoms with E-state index in [0.717, 1.165) is 12.0 Å². The molecule has 0 aromatic heterocycles. The van der Waals surface area contributed by atoms with E-state index in [-0.39, 0.29) is 26.1 Å². The standard InChI is InChI=1S/C9H13F3N2O3.C2H6.C2H2/c1-17-8(16)13-4-7(15)14-3-2-6(5-14)9(10,11)12;2*1-2/h6H,2-5H2,1H3,(H,13,16);1-2H3;1-2H/t6-;;/m1../s1. The number of nitrogens with one attached hydrogen (secondary N) is 1. The van der Waals surface area contributed by atoms with E-state index in [4.69, 9.17) is 0 Å². The SMILES string of the molecule is C#C.CC.COC(=O)NCC(=O)N1CC[C@@H](C(F)(F)F)C1. The zero-order valence-corrected chi connectivity index (χ0v) is 12.4. The van der Waals surface area contributed by atoms with Crippen molar-refractivity contribution < 1.29 is 27.5 Å². The van der Waals surface area contributed by atoms with Crippen molar-refractivity contribution in [2.75, 3.05) is 26.7 Å². The lowest BCUT2D eigenvalue weighted by atomic mass is 10.1. The van der Waals surface area contributed by atoms with Crippen molar-refractivity contribution in [3.63, 3.8) is 0 Å². The molecule has 1 saturated heterocycles. The Bertz CT molecular complexity index is 343.